The number of hydrogen-bond donors (Lipinski definition) is 3. The standard InChI is InChI=1S/C7H11N3O2/c8-2-1-5-4-9-6(10-5)3-7(11)12/h4H,1-3,8H2,(H,9,10)(H,11,12). The molecule has 0 bridgehead atoms. The van der Waals surface area contributed by atoms with Crippen LogP contribution in [0.3, 0.4) is 0 Å². The van der Waals surface area contributed by atoms with Crippen molar-refractivity contribution in [1.82, 2.24) is 9.97 Å². The van der Waals surface area contributed by atoms with Gasteiger partial charge < -0.3 is 15.8 Å². The van der Waals surface area contributed by atoms with Crippen LogP contribution in [0, 0.1) is 0 Å². The molecule has 5 nitrogen and oxygen atoms in total. The second-order valence-electron chi connectivity index (χ2n) is 2.46. The van der Waals surface area contributed by atoms with E-state index in [1.54, 1.807) is 6.20 Å². The minimum absolute atomic E-state index is 0.0649. The number of nitrogens with one attached hydrogen (secondary N) is 1. The normalized spacial score (nSPS) is 10.1. The molecule has 1 aromatic rings. The maximum absolute atomic E-state index is 10.3. The highest BCUT2D eigenvalue weighted by atomic mass is 16.4. The van der Waals surface area contributed by atoms with Crippen LogP contribution in [-0.4, -0.2) is 27.6 Å². The smallest absolute Gasteiger partial charge is 0.311 e. The lowest BCUT2D eigenvalue weighted by Gasteiger charge is -1.90. The van der Waals surface area contributed by atoms with Gasteiger partial charge in [-0.1, -0.05) is 0 Å². The number of H-pyrrole nitrogens is 1. The lowest BCUT2D eigenvalue weighted by Crippen LogP contribution is -2.04. The lowest BCUT2D eigenvalue weighted by molar-refractivity contribution is -0.136. The zero-order chi connectivity index (χ0) is 8.97. The van der Waals surface area contributed by atoms with E-state index in [1.807, 2.05) is 0 Å². The molecule has 0 saturated heterocycles. The molecular weight excluding hydrogens is 158 g/mol. The van der Waals surface area contributed by atoms with Gasteiger partial charge >= 0.3 is 5.97 Å². The van der Waals surface area contributed by atoms with Gasteiger partial charge in [0.05, 0.1) is 0 Å². The van der Waals surface area contributed by atoms with Crippen LogP contribution < -0.4 is 5.73 Å². The Morgan fingerprint density at radius 2 is 2.50 bits per heavy atom. The van der Waals surface area contributed by atoms with E-state index in [0.29, 0.717) is 18.8 Å². The van der Waals surface area contributed by atoms with Crippen LogP contribution >= 0.6 is 0 Å². The van der Waals surface area contributed by atoms with Crippen LogP contribution in [0.4, 0.5) is 0 Å². The quantitative estimate of drug-likeness (QED) is 0.568. The fourth-order valence-corrected chi connectivity index (χ4v) is 0.921. The van der Waals surface area contributed by atoms with Gasteiger partial charge in [-0.25, -0.2) is 4.98 Å². The van der Waals surface area contributed by atoms with E-state index in [0.717, 1.165) is 5.69 Å². The third-order valence-electron chi connectivity index (χ3n) is 1.41. The van der Waals surface area contributed by atoms with Gasteiger partial charge in [0, 0.05) is 18.3 Å². The molecule has 1 heterocycles. The van der Waals surface area contributed by atoms with Crippen LogP contribution in [0.2, 0.25) is 0 Å². The Balaban J connectivity index is 2.58. The average molecular weight is 169 g/mol. The number of hydrogen-bond acceptors (Lipinski definition) is 3. The van der Waals surface area contributed by atoms with Crippen LogP contribution in [0.1, 0.15) is 11.5 Å². The number of aromatic amines is 1. The van der Waals surface area contributed by atoms with Crippen molar-refractivity contribution in [2.24, 2.45) is 5.73 Å². The van der Waals surface area contributed by atoms with Crippen molar-refractivity contribution in [3.05, 3.63) is 17.7 Å². The maximum atomic E-state index is 10.3. The fourth-order valence-electron chi connectivity index (χ4n) is 0.921. The van der Waals surface area contributed by atoms with Crippen molar-refractivity contribution >= 4 is 5.97 Å². The van der Waals surface area contributed by atoms with Crippen LogP contribution in [0.5, 0.6) is 0 Å². The first-order valence-corrected chi connectivity index (χ1v) is 3.67. The first kappa shape index (κ1) is 8.73. The molecule has 66 valence electrons. The summed E-state index contributed by atoms with van der Waals surface area (Å²) in [5, 5.41) is 8.42. The van der Waals surface area contributed by atoms with Gasteiger partial charge in [0.15, 0.2) is 0 Å². The maximum Gasteiger partial charge on any atom is 0.311 e. The zero-order valence-corrected chi connectivity index (χ0v) is 6.58. The number of nitrogens with zero attached hydrogens (tertiary/aromatic N) is 1. The van der Waals surface area contributed by atoms with Gasteiger partial charge in [0.1, 0.15) is 12.2 Å². The SMILES string of the molecule is NCCc1cnc(CC(=O)O)[nH]1. The van der Waals surface area contributed by atoms with Gasteiger partial charge in [-0.15, -0.1) is 0 Å². The van der Waals surface area contributed by atoms with Crippen LogP contribution in [0.25, 0.3) is 0 Å². The summed E-state index contributed by atoms with van der Waals surface area (Å²) in [5.41, 5.74) is 6.19. The van der Waals surface area contributed by atoms with Crippen molar-refractivity contribution in [2.45, 2.75) is 12.8 Å². The van der Waals surface area contributed by atoms with Crippen LogP contribution in [-0.2, 0) is 17.6 Å². The van der Waals surface area contributed by atoms with Gasteiger partial charge in [-0.3, -0.25) is 4.79 Å². The number of aromatic nitrogens is 2. The van der Waals surface area contributed by atoms with Gasteiger partial charge in [-0.05, 0) is 6.54 Å². The molecule has 0 saturated carbocycles. The molecule has 1 aromatic heterocycles. The molecular formula is C7H11N3O2. The van der Waals surface area contributed by atoms with Crippen molar-refractivity contribution < 1.29 is 9.90 Å². The third kappa shape index (κ3) is 2.35. The van der Waals surface area contributed by atoms with E-state index < -0.39 is 5.97 Å². The first-order valence-electron chi connectivity index (χ1n) is 3.67. The third-order valence-corrected chi connectivity index (χ3v) is 1.41. The topological polar surface area (TPSA) is 92.0 Å². The van der Waals surface area contributed by atoms with Crippen molar-refractivity contribution in [3.63, 3.8) is 0 Å². The average Bonchev–Trinajstić information content (AvgIpc) is 2.36. The van der Waals surface area contributed by atoms with E-state index in [4.69, 9.17) is 10.8 Å². The van der Waals surface area contributed by atoms with E-state index >= 15 is 0 Å². The minimum Gasteiger partial charge on any atom is -0.481 e. The summed E-state index contributed by atoms with van der Waals surface area (Å²) in [6.07, 6.45) is 2.25. The molecule has 0 spiro atoms. The molecule has 1 rings (SSSR count). The highest BCUT2D eigenvalue weighted by Crippen LogP contribution is 1.97. The molecule has 5 heteroatoms. The number of nitrogens with two attached hydrogens (primary N) is 1. The highest BCUT2D eigenvalue weighted by Gasteiger charge is 2.03. The molecule has 0 radical (unpaired) electrons. The van der Waals surface area contributed by atoms with Gasteiger partial charge in [0.25, 0.3) is 0 Å². The first-order chi connectivity index (χ1) is 5.72. The number of imidazole rings is 1. The molecule has 0 amide bonds. The van der Waals surface area contributed by atoms with Crippen molar-refractivity contribution in [3.8, 4) is 0 Å². The second kappa shape index (κ2) is 3.87. The summed E-state index contributed by atoms with van der Waals surface area (Å²) in [7, 11) is 0. The van der Waals surface area contributed by atoms with Gasteiger partial charge in [0.2, 0.25) is 0 Å². The summed E-state index contributed by atoms with van der Waals surface area (Å²) in [4.78, 5) is 17.0. The summed E-state index contributed by atoms with van der Waals surface area (Å²) < 4.78 is 0. The highest BCUT2D eigenvalue weighted by molar-refractivity contribution is 5.68. The molecule has 4 N–H and O–H groups in total. The van der Waals surface area contributed by atoms with E-state index in [2.05, 4.69) is 9.97 Å². The fraction of sp³-hybridized carbons (Fsp3) is 0.429. The Bertz CT molecular complexity index is 269. The van der Waals surface area contributed by atoms with Crippen LogP contribution in [0.15, 0.2) is 6.20 Å². The Labute approximate surface area is 69.6 Å². The number of carbonyl (C=O) groups is 1. The number of carboxylic acid groups (broad SMARTS) is 1. The molecule has 0 fully saturated rings. The largest absolute Gasteiger partial charge is 0.481 e. The molecule has 0 aliphatic heterocycles. The zero-order valence-electron chi connectivity index (χ0n) is 6.58. The monoisotopic (exact) mass is 169 g/mol. The molecule has 12 heavy (non-hydrogen) atoms. The van der Waals surface area contributed by atoms with Gasteiger partial charge in [-0.2, -0.15) is 0 Å². The predicted octanol–water partition coefficient (Wildman–Crippen LogP) is -0.462. The molecule has 0 aromatic carbocycles. The van der Waals surface area contributed by atoms with E-state index in [9.17, 15) is 4.79 Å². The molecule has 0 aliphatic carbocycles. The number of aliphatic carboxylic acids is 1. The minimum atomic E-state index is -0.886. The summed E-state index contributed by atoms with van der Waals surface area (Å²) in [6.45, 7) is 0.536. The Kier molecular flexibility index (Phi) is 2.82. The second-order valence-corrected chi connectivity index (χ2v) is 2.46. The molecule has 0 unspecified atom stereocenters. The Morgan fingerprint density at radius 1 is 1.75 bits per heavy atom. The van der Waals surface area contributed by atoms with E-state index in [1.165, 1.54) is 0 Å². The summed E-state index contributed by atoms with van der Waals surface area (Å²) in [6, 6.07) is 0. The molecule has 0 aliphatic rings. The number of carboxylic acids is 1. The summed E-state index contributed by atoms with van der Waals surface area (Å²) >= 11 is 0. The van der Waals surface area contributed by atoms with E-state index in [-0.39, 0.29) is 6.42 Å². The predicted molar refractivity (Wildman–Crippen MR) is 42.7 cm³/mol. The summed E-state index contributed by atoms with van der Waals surface area (Å²) in [5.74, 6) is -0.408. The Hall–Kier alpha value is -1.36. The Morgan fingerprint density at radius 3 is 3.08 bits per heavy atom. The lowest BCUT2D eigenvalue weighted by atomic mass is 10.3. The van der Waals surface area contributed by atoms with Crippen molar-refractivity contribution in [2.75, 3.05) is 6.54 Å². The van der Waals surface area contributed by atoms with Crippen molar-refractivity contribution in [1.29, 1.82) is 0 Å². The molecule has 0 atom stereocenters. The number of rotatable bonds is 4.